The number of carbonyl (C=O) groups is 1. The predicted octanol–water partition coefficient (Wildman–Crippen LogP) is 0.345. The van der Waals surface area contributed by atoms with E-state index in [1.165, 1.54) is 0 Å². The molecule has 4 N–H and O–H groups in total. The van der Waals surface area contributed by atoms with Gasteiger partial charge in [-0.3, -0.25) is 4.72 Å². The largest absolute Gasteiger partial charge is 0.478 e. The van der Waals surface area contributed by atoms with Gasteiger partial charge in [0, 0.05) is 12.5 Å². The van der Waals surface area contributed by atoms with Crippen molar-refractivity contribution in [3.63, 3.8) is 0 Å². The zero-order valence-corrected chi connectivity index (χ0v) is 15.7. The van der Waals surface area contributed by atoms with E-state index in [1.807, 2.05) is 4.72 Å². The molecule has 0 amide bonds. The molecule has 0 radical (unpaired) electrons. The van der Waals surface area contributed by atoms with Crippen molar-refractivity contribution >= 4 is 21.7 Å². The highest BCUT2D eigenvalue weighted by Crippen LogP contribution is 2.41. The Kier molecular flexibility index (Phi) is 5.92. The van der Waals surface area contributed by atoms with E-state index < -0.39 is 75.3 Å². The van der Waals surface area contributed by atoms with Gasteiger partial charge in [0.05, 0.1) is 24.5 Å². The first kappa shape index (κ1) is 21.6. The van der Waals surface area contributed by atoms with Crippen molar-refractivity contribution in [3.05, 3.63) is 41.5 Å². The van der Waals surface area contributed by atoms with E-state index in [1.54, 1.807) is 0 Å². The van der Waals surface area contributed by atoms with Crippen LogP contribution in [0.15, 0.2) is 29.8 Å². The average Bonchev–Trinajstić information content (AvgIpc) is 3.01. The van der Waals surface area contributed by atoms with Crippen LogP contribution < -0.4 is 4.72 Å². The number of nitrogens with one attached hydrogen (secondary N) is 1. The molecule has 1 heterocycles. The zero-order valence-electron chi connectivity index (χ0n) is 14.9. The summed E-state index contributed by atoms with van der Waals surface area (Å²) >= 11 is 0. The normalized spacial score (nSPS) is 29.7. The SMILES string of the molecule is O=C(O)C1=CC2(CCC1S(=O)(=O)Nc1ccc(F)cc1F)OC(CO)C(CO)O2. The molecule has 1 aliphatic heterocycles. The number of halogens is 2. The van der Waals surface area contributed by atoms with Gasteiger partial charge in [0.2, 0.25) is 10.0 Å². The van der Waals surface area contributed by atoms with Crippen molar-refractivity contribution in [1.29, 1.82) is 0 Å². The Bertz CT molecular complexity index is 923. The maximum atomic E-state index is 13.8. The molecular weight excluding hydrogens is 416 g/mol. The third-order valence-corrected chi connectivity index (χ3v) is 6.50. The summed E-state index contributed by atoms with van der Waals surface area (Å²) in [6.45, 7) is -0.979. The van der Waals surface area contributed by atoms with E-state index in [0.29, 0.717) is 6.07 Å². The van der Waals surface area contributed by atoms with Gasteiger partial charge in [0.25, 0.3) is 0 Å². The van der Waals surface area contributed by atoms with Gasteiger partial charge in [-0.1, -0.05) is 0 Å². The van der Waals surface area contributed by atoms with Gasteiger partial charge >= 0.3 is 5.97 Å². The molecule has 3 atom stereocenters. The lowest BCUT2D eigenvalue weighted by molar-refractivity contribution is -0.153. The minimum absolute atomic E-state index is 0.0890. The van der Waals surface area contributed by atoms with Crippen LogP contribution in [0, 0.1) is 11.6 Å². The van der Waals surface area contributed by atoms with E-state index in [0.717, 1.165) is 18.2 Å². The molecule has 9 nitrogen and oxygen atoms in total. The molecule has 1 aromatic rings. The summed E-state index contributed by atoms with van der Waals surface area (Å²) in [5.74, 6) is -5.22. The maximum absolute atomic E-state index is 13.8. The van der Waals surface area contributed by atoms with Crippen LogP contribution in [0.2, 0.25) is 0 Å². The van der Waals surface area contributed by atoms with E-state index in [4.69, 9.17) is 9.47 Å². The Balaban J connectivity index is 1.91. The lowest BCUT2D eigenvalue weighted by atomic mass is 9.94. The Morgan fingerprint density at radius 3 is 2.34 bits per heavy atom. The molecule has 2 aliphatic rings. The number of sulfonamides is 1. The zero-order chi connectivity index (χ0) is 21.4. The van der Waals surface area contributed by atoms with Crippen molar-refractivity contribution in [1.82, 2.24) is 0 Å². The molecule has 0 saturated carbocycles. The molecule has 3 rings (SSSR count). The number of aliphatic carboxylic acids is 1. The lowest BCUT2D eigenvalue weighted by Crippen LogP contribution is -2.42. The third-order valence-electron chi connectivity index (χ3n) is 4.76. The monoisotopic (exact) mass is 435 g/mol. The fourth-order valence-electron chi connectivity index (χ4n) is 3.40. The van der Waals surface area contributed by atoms with E-state index in [2.05, 4.69) is 0 Å². The number of rotatable bonds is 6. The topological polar surface area (TPSA) is 142 Å². The highest BCUT2D eigenvalue weighted by molar-refractivity contribution is 7.93. The Morgan fingerprint density at radius 2 is 1.83 bits per heavy atom. The summed E-state index contributed by atoms with van der Waals surface area (Å²) in [7, 11) is -4.42. The van der Waals surface area contributed by atoms with Crippen molar-refractivity contribution in [2.45, 2.75) is 36.1 Å². The molecule has 1 saturated heterocycles. The predicted molar refractivity (Wildman–Crippen MR) is 94.3 cm³/mol. The second-order valence-corrected chi connectivity index (χ2v) is 8.56. The maximum Gasteiger partial charge on any atom is 0.332 e. The number of ether oxygens (including phenoxy) is 2. The summed E-state index contributed by atoms with van der Waals surface area (Å²) in [6.07, 6.45) is -1.18. The Labute approximate surface area is 164 Å². The fraction of sp³-hybridized carbons (Fsp3) is 0.471. The lowest BCUT2D eigenvalue weighted by Gasteiger charge is -2.33. The van der Waals surface area contributed by atoms with Crippen LogP contribution >= 0.6 is 0 Å². The van der Waals surface area contributed by atoms with Gasteiger partial charge in [0.15, 0.2) is 5.79 Å². The minimum Gasteiger partial charge on any atom is -0.478 e. The summed E-state index contributed by atoms with van der Waals surface area (Å²) in [5.41, 5.74) is -1.09. The van der Waals surface area contributed by atoms with E-state index in [-0.39, 0.29) is 12.8 Å². The second-order valence-electron chi connectivity index (χ2n) is 6.69. The van der Waals surface area contributed by atoms with E-state index in [9.17, 15) is 37.3 Å². The van der Waals surface area contributed by atoms with Gasteiger partial charge in [-0.05, 0) is 24.6 Å². The standard InChI is InChI=1S/C17H19F2NO8S/c18-9-1-2-12(11(19)5-9)20-29(25,26)15-3-4-17(6-10(15)16(23)24)27-13(7-21)14(8-22)28-17/h1-2,5-6,13-15,20-22H,3-4,7-8H2,(H,23,24). The van der Waals surface area contributed by atoms with Crippen LogP contribution in [0.5, 0.6) is 0 Å². The Morgan fingerprint density at radius 1 is 1.21 bits per heavy atom. The van der Waals surface area contributed by atoms with Crippen molar-refractivity contribution in [2.24, 2.45) is 0 Å². The van der Waals surface area contributed by atoms with Crippen LogP contribution in [-0.4, -0.2) is 66.2 Å². The van der Waals surface area contributed by atoms with E-state index >= 15 is 0 Å². The number of aliphatic hydroxyl groups excluding tert-OH is 2. The number of hydrogen-bond donors (Lipinski definition) is 4. The average molecular weight is 435 g/mol. The van der Waals surface area contributed by atoms with Gasteiger partial charge in [-0.15, -0.1) is 0 Å². The summed E-state index contributed by atoms with van der Waals surface area (Å²) in [5, 5.41) is 26.6. The highest BCUT2D eigenvalue weighted by atomic mass is 32.2. The van der Waals surface area contributed by atoms with Crippen LogP contribution in [0.4, 0.5) is 14.5 Å². The van der Waals surface area contributed by atoms with Gasteiger partial charge in [0.1, 0.15) is 29.1 Å². The number of carboxylic acids is 1. The second kappa shape index (κ2) is 7.95. The summed E-state index contributed by atoms with van der Waals surface area (Å²) in [4.78, 5) is 11.7. The Hall–Kier alpha value is -2.12. The smallest absolute Gasteiger partial charge is 0.332 e. The number of aliphatic hydroxyl groups is 2. The van der Waals surface area contributed by atoms with Gasteiger partial charge < -0.3 is 24.8 Å². The molecule has 160 valence electrons. The molecule has 1 aliphatic carbocycles. The number of carboxylic acid groups (broad SMARTS) is 1. The number of benzene rings is 1. The molecule has 1 fully saturated rings. The van der Waals surface area contributed by atoms with Gasteiger partial charge in [-0.2, -0.15) is 0 Å². The van der Waals surface area contributed by atoms with Crippen molar-refractivity contribution in [3.8, 4) is 0 Å². The molecular formula is C17H19F2NO8S. The first-order valence-corrected chi connectivity index (χ1v) is 10.2. The summed E-state index contributed by atoms with van der Waals surface area (Å²) < 4.78 is 65.3. The van der Waals surface area contributed by atoms with Crippen LogP contribution in [0.1, 0.15) is 12.8 Å². The molecule has 12 heteroatoms. The van der Waals surface area contributed by atoms with Crippen LogP contribution in [0.3, 0.4) is 0 Å². The van der Waals surface area contributed by atoms with Gasteiger partial charge in [-0.25, -0.2) is 22.0 Å². The van der Waals surface area contributed by atoms with Crippen LogP contribution in [0.25, 0.3) is 0 Å². The van der Waals surface area contributed by atoms with Crippen LogP contribution in [-0.2, 0) is 24.3 Å². The minimum atomic E-state index is -4.42. The van der Waals surface area contributed by atoms with Crippen molar-refractivity contribution < 1.29 is 46.8 Å². The molecule has 0 aromatic heterocycles. The fourth-order valence-corrected chi connectivity index (χ4v) is 4.94. The first-order valence-electron chi connectivity index (χ1n) is 8.61. The third kappa shape index (κ3) is 4.26. The molecule has 29 heavy (non-hydrogen) atoms. The summed E-state index contributed by atoms with van der Waals surface area (Å²) in [6, 6.07) is 2.23. The number of hydrogen-bond acceptors (Lipinski definition) is 7. The highest BCUT2D eigenvalue weighted by Gasteiger charge is 2.51. The molecule has 1 aromatic carbocycles. The quantitative estimate of drug-likeness (QED) is 0.501. The first-order chi connectivity index (χ1) is 13.6. The molecule has 3 unspecified atom stereocenters. The number of anilines is 1. The molecule has 0 bridgehead atoms. The molecule has 1 spiro atoms. The van der Waals surface area contributed by atoms with Crippen molar-refractivity contribution in [2.75, 3.05) is 17.9 Å².